The minimum absolute atomic E-state index is 0.735. The number of rotatable bonds is 5. The standard InChI is InChI=1S/C16H18N4O/c1-2-10-19-12-17-11-15(19)16(21)14-8-9-18-20(14)13-6-4-3-5-7-13/h3-9,11-12,16,21H,2,10H2,1H3. The Morgan fingerprint density at radius 1 is 1.14 bits per heavy atom. The van der Waals surface area contributed by atoms with E-state index in [1.165, 1.54) is 0 Å². The number of hydrogen-bond donors (Lipinski definition) is 1. The molecule has 0 aliphatic heterocycles. The van der Waals surface area contributed by atoms with E-state index in [9.17, 15) is 5.11 Å². The van der Waals surface area contributed by atoms with Crippen LogP contribution in [0.25, 0.3) is 5.69 Å². The van der Waals surface area contributed by atoms with Crippen molar-refractivity contribution >= 4 is 0 Å². The Morgan fingerprint density at radius 2 is 1.95 bits per heavy atom. The average Bonchev–Trinajstić information content (AvgIpc) is 3.17. The van der Waals surface area contributed by atoms with Crippen LogP contribution in [-0.4, -0.2) is 24.4 Å². The highest BCUT2D eigenvalue weighted by Crippen LogP contribution is 2.23. The maximum atomic E-state index is 10.7. The molecule has 1 aromatic carbocycles. The van der Waals surface area contributed by atoms with Crippen LogP contribution in [0.4, 0.5) is 0 Å². The quantitative estimate of drug-likeness (QED) is 0.782. The van der Waals surface area contributed by atoms with Gasteiger partial charge in [0.25, 0.3) is 0 Å². The summed E-state index contributed by atoms with van der Waals surface area (Å²) in [6.07, 6.45) is 5.41. The molecule has 21 heavy (non-hydrogen) atoms. The Kier molecular flexibility index (Phi) is 3.83. The molecule has 1 atom stereocenters. The predicted octanol–water partition coefficient (Wildman–Crippen LogP) is 2.56. The predicted molar refractivity (Wildman–Crippen MR) is 80.1 cm³/mol. The van der Waals surface area contributed by atoms with E-state index in [2.05, 4.69) is 17.0 Å². The second kappa shape index (κ2) is 5.93. The van der Waals surface area contributed by atoms with Crippen LogP contribution in [0.15, 0.2) is 55.1 Å². The number of imidazole rings is 1. The lowest BCUT2D eigenvalue weighted by molar-refractivity contribution is 0.201. The number of benzene rings is 1. The molecule has 5 heteroatoms. The van der Waals surface area contributed by atoms with E-state index in [4.69, 9.17) is 0 Å². The molecule has 108 valence electrons. The number of nitrogens with zero attached hydrogens (tertiary/aromatic N) is 4. The Hall–Kier alpha value is -2.40. The van der Waals surface area contributed by atoms with Gasteiger partial charge >= 0.3 is 0 Å². The fourth-order valence-corrected chi connectivity index (χ4v) is 2.44. The van der Waals surface area contributed by atoms with Crippen LogP contribution < -0.4 is 0 Å². The topological polar surface area (TPSA) is 55.9 Å². The number of para-hydroxylation sites is 1. The Labute approximate surface area is 123 Å². The van der Waals surface area contributed by atoms with Crippen LogP contribution in [0.2, 0.25) is 0 Å². The van der Waals surface area contributed by atoms with Crippen LogP contribution in [-0.2, 0) is 6.54 Å². The molecule has 0 radical (unpaired) electrons. The van der Waals surface area contributed by atoms with Crippen LogP contribution in [0.3, 0.4) is 0 Å². The molecule has 0 aliphatic rings. The first-order valence-corrected chi connectivity index (χ1v) is 7.08. The zero-order valence-corrected chi connectivity index (χ0v) is 11.9. The van der Waals surface area contributed by atoms with Crippen molar-refractivity contribution in [3.05, 3.63) is 66.5 Å². The molecule has 0 fully saturated rings. The first kappa shape index (κ1) is 13.6. The van der Waals surface area contributed by atoms with Crippen molar-refractivity contribution in [1.29, 1.82) is 0 Å². The highest BCUT2D eigenvalue weighted by atomic mass is 16.3. The van der Waals surface area contributed by atoms with Gasteiger partial charge in [-0.05, 0) is 24.6 Å². The van der Waals surface area contributed by atoms with E-state index >= 15 is 0 Å². The fourth-order valence-electron chi connectivity index (χ4n) is 2.44. The van der Waals surface area contributed by atoms with E-state index in [-0.39, 0.29) is 0 Å². The summed E-state index contributed by atoms with van der Waals surface area (Å²) in [6.45, 7) is 2.94. The summed E-state index contributed by atoms with van der Waals surface area (Å²) in [7, 11) is 0. The second-order valence-electron chi connectivity index (χ2n) is 4.92. The molecule has 0 amide bonds. The van der Waals surface area contributed by atoms with Gasteiger partial charge in [-0.15, -0.1) is 0 Å². The van der Waals surface area contributed by atoms with Gasteiger partial charge in [-0.2, -0.15) is 5.10 Å². The molecular formula is C16H18N4O. The monoisotopic (exact) mass is 282 g/mol. The summed E-state index contributed by atoms with van der Waals surface area (Å²) in [4.78, 5) is 4.15. The lowest BCUT2D eigenvalue weighted by Gasteiger charge is -2.15. The summed E-state index contributed by atoms with van der Waals surface area (Å²) in [6, 6.07) is 11.6. The summed E-state index contributed by atoms with van der Waals surface area (Å²) in [5.74, 6) is 0. The van der Waals surface area contributed by atoms with Gasteiger partial charge in [0.15, 0.2) is 0 Å². The third-order valence-electron chi connectivity index (χ3n) is 3.44. The molecule has 1 N–H and O–H groups in total. The lowest BCUT2D eigenvalue weighted by atomic mass is 10.2. The van der Waals surface area contributed by atoms with Crippen molar-refractivity contribution in [3.63, 3.8) is 0 Å². The number of aliphatic hydroxyl groups is 1. The third kappa shape index (κ3) is 2.60. The van der Waals surface area contributed by atoms with Crippen molar-refractivity contribution in [2.75, 3.05) is 0 Å². The van der Waals surface area contributed by atoms with Crippen molar-refractivity contribution in [2.45, 2.75) is 26.0 Å². The summed E-state index contributed by atoms with van der Waals surface area (Å²) < 4.78 is 3.74. The molecule has 2 aromatic heterocycles. The van der Waals surface area contributed by atoms with Crippen molar-refractivity contribution in [3.8, 4) is 5.69 Å². The highest BCUT2D eigenvalue weighted by molar-refractivity contribution is 5.34. The highest BCUT2D eigenvalue weighted by Gasteiger charge is 2.19. The maximum absolute atomic E-state index is 10.7. The van der Waals surface area contributed by atoms with E-state index in [1.807, 2.05) is 41.0 Å². The van der Waals surface area contributed by atoms with Gasteiger partial charge in [0.1, 0.15) is 6.10 Å². The Bertz CT molecular complexity index is 702. The maximum Gasteiger partial charge on any atom is 0.137 e. The molecule has 3 aromatic rings. The van der Waals surface area contributed by atoms with Crippen molar-refractivity contribution in [2.24, 2.45) is 0 Å². The van der Waals surface area contributed by atoms with Gasteiger partial charge in [0.2, 0.25) is 0 Å². The minimum Gasteiger partial charge on any atom is -0.380 e. The van der Waals surface area contributed by atoms with E-state index in [0.717, 1.165) is 30.0 Å². The fraction of sp³-hybridized carbons (Fsp3) is 0.250. The van der Waals surface area contributed by atoms with Gasteiger partial charge in [-0.3, -0.25) is 0 Å². The molecule has 0 saturated carbocycles. The van der Waals surface area contributed by atoms with Crippen LogP contribution >= 0.6 is 0 Å². The Balaban J connectivity index is 1.98. The molecule has 0 saturated heterocycles. The van der Waals surface area contributed by atoms with E-state index < -0.39 is 6.10 Å². The number of aliphatic hydroxyl groups excluding tert-OH is 1. The molecule has 0 aliphatic carbocycles. The average molecular weight is 282 g/mol. The molecule has 5 nitrogen and oxygen atoms in total. The summed E-state index contributed by atoms with van der Waals surface area (Å²) in [5.41, 5.74) is 2.45. The molecule has 0 spiro atoms. The number of aromatic nitrogens is 4. The van der Waals surface area contributed by atoms with E-state index in [0.29, 0.717) is 0 Å². The van der Waals surface area contributed by atoms with Gasteiger partial charge in [0, 0.05) is 12.7 Å². The van der Waals surface area contributed by atoms with Gasteiger partial charge in [-0.25, -0.2) is 9.67 Å². The van der Waals surface area contributed by atoms with Gasteiger partial charge < -0.3 is 9.67 Å². The summed E-state index contributed by atoms with van der Waals surface area (Å²) in [5, 5.41) is 15.0. The molecule has 3 rings (SSSR count). The second-order valence-corrected chi connectivity index (χ2v) is 4.92. The largest absolute Gasteiger partial charge is 0.380 e. The lowest BCUT2D eigenvalue weighted by Crippen LogP contribution is -2.12. The van der Waals surface area contributed by atoms with Gasteiger partial charge in [0.05, 0.1) is 29.6 Å². The molecular weight excluding hydrogens is 264 g/mol. The third-order valence-corrected chi connectivity index (χ3v) is 3.44. The van der Waals surface area contributed by atoms with E-state index in [1.54, 1.807) is 23.4 Å². The molecule has 0 bridgehead atoms. The number of aryl methyl sites for hydroxylation is 1. The van der Waals surface area contributed by atoms with Crippen molar-refractivity contribution in [1.82, 2.24) is 19.3 Å². The molecule has 1 unspecified atom stereocenters. The number of hydrogen-bond acceptors (Lipinski definition) is 3. The SMILES string of the molecule is CCCn1cncc1C(O)c1ccnn1-c1ccccc1. The normalized spacial score (nSPS) is 12.5. The van der Waals surface area contributed by atoms with Crippen LogP contribution in [0.5, 0.6) is 0 Å². The zero-order valence-electron chi connectivity index (χ0n) is 11.9. The van der Waals surface area contributed by atoms with Crippen LogP contribution in [0, 0.1) is 0 Å². The zero-order chi connectivity index (χ0) is 14.7. The first-order valence-electron chi connectivity index (χ1n) is 7.08. The smallest absolute Gasteiger partial charge is 0.137 e. The van der Waals surface area contributed by atoms with Crippen molar-refractivity contribution < 1.29 is 5.11 Å². The Morgan fingerprint density at radius 3 is 2.71 bits per heavy atom. The van der Waals surface area contributed by atoms with Gasteiger partial charge in [-0.1, -0.05) is 25.1 Å². The first-order chi connectivity index (χ1) is 10.3. The summed E-state index contributed by atoms with van der Waals surface area (Å²) >= 11 is 0. The van der Waals surface area contributed by atoms with Crippen LogP contribution in [0.1, 0.15) is 30.8 Å². The molecule has 2 heterocycles. The minimum atomic E-state index is -0.748.